The number of nitrogens with two attached hydrogens (primary N) is 1. The Hall–Kier alpha value is -1.59. The highest BCUT2D eigenvalue weighted by atomic mass is 16.3. The van der Waals surface area contributed by atoms with Crippen LogP contribution in [0.15, 0.2) is 18.2 Å². The highest BCUT2D eigenvalue weighted by Crippen LogP contribution is 2.17. The van der Waals surface area contributed by atoms with Gasteiger partial charge in [0, 0.05) is 24.3 Å². The van der Waals surface area contributed by atoms with Crippen molar-refractivity contribution in [3.8, 4) is 0 Å². The molecule has 118 valence electrons. The van der Waals surface area contributed by atoms with E-state index < -0.39 is 0 Å². The van der Waals surface area contributed by atoms with E-state index in [1.54, 1.807) is 6.07 Å². The van der Waals surface area contributed by atoms with Crippen molar-refractivity contribution in [2.45, 2.75) is 33.1 Å². The van der Waals surface area contributed by atoms with Crippen LogP contribution in [-0.2, 0) is 4.79 Å². The zero-order valence-corrected chi connectivity index (χ0v) is 13.1. The number of benzene rings is 1. The quantitative estimate of drug-likeness (QED) is 0.609. The van der Waals surface area contributed by atoms with Gasteiger partial charge in [-0.15, -0.1) is 0 Å². The van der Waals surface area contributed by atoms with E-state index in [1.807, 2.05) is 19.1 Å². The summed E-state index contributed by atoms with van der Waals surface area (Å²) in [6.45, 7) is 6.67. The molecule has 0 aliphatic carbocycles. The molecule has 0 atom stereocenters. The van der Waals surface area contributed by atoms with Gasteiger partial charge in [0.2, 0.25) is 5.91 Å². The number of amides is 1. The number of anilines is 2. The van der Waals surface area contributed by atoms with E-state index in [0.717, 1.165) is 37.2 Å². The van der Waals surface area contributed by atoms with Gasteiger partial charge < -0.3 is 21.1 Å². The number of rotatable bonds is 9. The molecule has 1 rings (SSSR count). The molecule has 0 saturated carbocycles. The molecule has 4 N–H and O–H groups in total. The van der Waals surface area contributed by atoms with E-state index in [2.05, 4.69) is 17.1 Å². The lowest BCUT2D eigenvalue weighted by Crippen LogP contribution is -2.29. The van der Waals surface area contributed by atoms with Gasteiger partial charge in [0.05, 0.1) is 6.61 Å². The number of nitrogens with one attached hydrogen (secondary N) is 1. The second kappa shape index (κ2) is 9.37. The summed E-state index contributed by atoms with van der Waals surface area (Å²) >= 11 is 0. The monoisotopic (exact) mass is 293 g/mol. The van der Waals surface area contributed by atoms with Gasteiger partial charge in [0.25, 0.3) is 0 Å². The molecule has 0 saturated heterocycles. The van der Waals surface area contributed by atoms with Crippen LogP contribution in [0.25, 0.3) is 0 Å². The summed E-state index contributed by atoms with van der Waals surface area (Å²) in [7, 11) is 0. The van der Waals surface area contributed by atoms with Crippen molar-refractivity contribution < 1.29 is 9.90 Å². The first-order valence-electron chi connectivity index (χ1n) is 7.56. The largest absolute Gasteiger partial charge is 0.399 e. The third-order valence-electron chi connectivity index (χ3n) is 3.36. The predicted molar refractivity (Wildman–Crippen MR) is 87.3 cm³/mol. The van der Waals surface area contributed by atoms with Crippen molar-refractivity contribution >= 4 is 17.3 Å². The lowest BCUT2D eigenvalue weighted by atomic mass is 10.1. The number of hydrogen-bond donors (Lipinski definition) is 3. The van der Waals surface area contributed by atoms with Crippen molar-refractivity contribution in [3.63, 3.8) is 0 Å². The highest BCUT2D eigenvalue weighted by Gasteiger charge is 2.07. The maximum Gasteiger partial charge on any atom is 0.224 e. The molecule has 0 radical (unpaired) electrons. The van der Waals surface area contributed by atoms with Crippen LogP contribution in [0.1, 0.15) is 31.7 Å². The topological polar surface area (TPSA) is 78.6 Å². The van der Waals surface area contributed by atoms with E-state index in [-0.39, 0.29) is 12.5 Å². The first kappa shape index (κ1) is 17.5. The minimum atomic E-state index is 0.0170. The van der Waals surface area contributed by atoms with Gasteiger partial charge in [-0.2, -0.15) is 0 Å². The van der Waals surface area contributed by atoms with Crippen LogP contribution in [0, 0.1) is 6.92 Å². The molecule has 0 aliphatic rings. The Bertz CT molecular complexity index is 443. The molecular formula is C16H27N3O2. The molecule has 21 heavy (non-hydrogen) atoms. The maximum atomic E-state index is 11.9. The summed E-state index contributed by atoms with van der Waals surface area (Å²) < 4.78 is 0. The molecule has 0 bridgehead atoms. The van der Waals surface area contributed by atoms with Gasteiger partial charge in [-0.05, 0) is 56.6 Å². The maximum absolute atomic E-state index is 11.9. The SMILES string of the molecule is CCCN(CCO)CCCC(=O)Nc1ccc(N)cc1C. The van der Waals surface area contributed by atoms with Crippen LogP contribution in [0.4, 0.5) is 11.4 Å². The molecule has 0 fully saturated rings. The number of nitrogen functional groups attached to an aromatic ring is 1. The van der Waals surface area contributed by atoms with E-state index in [4.69, 9.17) is 10.8 Å². The molecule has 0 aromatic heterocycles. The van der Waals surface area contributed by atoms with Crippen LogP contribution >= 0.6 is 0 Å². The Morgan fingerprint density at radius 3 is 2.71 bits per heavy atom. The van der Waals surface area contributed by atoms with E-state index in [0.29, 0.717) is 18.7 Å². The van der Waals surface area contributed by atoms with E-state index in [9.17, 15) is 4.79 Å². The molecule has 1 aromatic rings. The lowest BCUT2D eigenvalue weighted by Gasteiger charge is -2.20. The Morgan fingerprint density at radius 2 is 2.10 bits per heavy atom. The summed E-state index contributed by atoms with van der Waals surface area (Å²) in [5.41, 5.74) is 8.17. The molecule has 5 nitrogen and oxygen atoms in total. The third-order valence-corrected chi connectivity index (χ3v) is 3.36. The van der Waals surface area contributed by atoms with E-state index >= 15 is 0 Å². The van der Waals surface area contributed by atoms with Gasteiger partial charge in [0.15, 0.2) is 0 Å². The van der Waals surface area contributed by atoms with Crippen LogP contribution in [0.5, 0.6) is 0 Å². The van der Waals surface area contributed by atoms with Gasteiger partial charge in [-0.25, -0.2) is 0 Å². The first-order valence-corrected chi connectivity index (χ1v) is 7.56. The summed E-state index contributed by atoms with van der Waals surface area (Å²) in [5, 5.41) is 11.9. The van der Waals surface area contributed by atoms with Crippen LogP contribution in [0.3, 0.4) is 0 Å². The zero-order chi connectivity index (χ0) is 15.7. The molecule has 0 unspecified atom stereocenters. The van der Waals surface area contributed by atoms with Crippen molar-refractivity contribution in [3.05, 3.63) is 23.8 Å². The number of aliphatic hydroxyl groups excluding tert-OH is 1. The lowest BCUT2D eigenvalue weighted by molar-refractivity contribution is -0.116. The normalized spacial score (nSPS) is 10.9. The molecule has 1 amide bonds. The number of hydrogen-bond acceptors (Lipinski definition) is 4. The second-order valence-electron chi connectivity index (χ2n) is 5.29. The Kier molecular flexibility index (Phi) is 7.79. The molecule has 0 spiro atoms. The van der Waals surface area contributed by atoms with Crippen LogP contribution < -0.4 is 11.1 Å². The fourth-order valence-corrected chi connectivity index (χ4v) is 2.30. The Balaban J connectivity index is 2.36. The molecule has 0 heterocycles. The average molecular weight is 293 g/mol. The van der Waals surface area contributed by atoms with Crippen LogP contribution in [-0.4, -0.2) is 42.2 Å². The summed E-state index contributed by atoms with van der Waals surface area (Å²) in [5.74, 6) is 0.0170. The molecule has 5 heteroatoms. The van der Waals surface area contributed by atoms with Gasteiger partial charge in [-0.1, -0.05) is 6.92 Å². The van der Waals surface area contributed by atoms with Crippen molar-refractivity contribution in [2.24, 2.45) is 0 Å². The Labute approximate surface area is 127 Å². The minimum Gasteiger partial charge on any atom is -0.399 e. The highest BCUT2D eigenvalue weighted by molar-refractivity contribution is 5.91. The van der Waals surface area contributed by atoms with Gasteiger partial charge in [-0.3, -0.25) is 4.79 Å². The number of aryl methyl sites for hydroxylation is 1. The first-order chi connectivity index (χ1) is 10.1. The summed E-state index contributed by atoms with van der Waals surface area (Å²) in [6, 6.07) is 5.46. The van der Waals surface area contributed by atoms with Crippen molar-refractivity contribution in [2.75, 3.05) is 37.3 Å². The number of nitrogens with zero attached hydrogens (tertiary/aromatic N) is 1. The molecule has 1 aromatic carbocycles. The van der Waals surface area contributed by atoms with Gasteiger partial charge in [0.1, 0.15) is 0 Å². The van der Waals surface area contributed by atoms with Gasteiger partial charge >= 0.3 is 0 Å². The standard InChI is InChI=1S/C16H27N3O2/c1-3-8-19(10-11-20)9-4-5-16(21)18-15-7-6-14(17)12-13(15)2/h6-7,12,20H,3-5,8-11,17H2,1-2H3,(H,18,21). The smallest absolute Gasteiger partial charge is 0.224 e. The minimum absolute atomic E-state index is 0.0170. The van der Waals surface area contributed by atoms with Crippen LogP contribution in [0.2, 0.25) is 0 Å². The number of carbonyl (C=O) groups is 1. The van der Waals surface area contributed by atoms with Crippen molar-refractivity contribution in [1.29, 1.82) is 0 Å². The summed E-state index contributed by atoms with van der Waals surface area (Å²) in [6.07, 6.45) is 2.33. The fourth-order valence-electron chi connectivity index (χ4n) is 2.30. The fraction of sp³-hybridized carbons (Fsp3) is 0.562. The number of aliphatic hydroxyl groups is 1. The average Bonchev–Trinajstić information content (AvgIpc) is 2.42. The number of carbonyl (C=O) groups excluding carboxylic acids is 1. The van der Waals surface area contributed by atoms with Crippen molar-refractivity contribution in [1.82, 2.24) is 4.90 Å². The van der Waals surface area contributed by atoms with E-state index in [1.165, 1.54) is 0 Å². The second-order valence-corrected chi connectivity index (χ2v) is 5.29. The molecule has 0 aliphatic heterocycles. The molecular weight excluding hydrogens is 266 g/mol. The predicted octanol–water partition coefficient (Wildman–Crippen LogP) is 2.00. The Morgan fingerprint density at radius 1 is 1.33 bits per heavy atom. The summed E-state index contributed by atoms with van der Waals surface area (Å²) in [4.78, 5) is 14.1. The third kappa shape index (κ3) is 6.60. The zero-order valence-electron chi connectivity index (χ0n) is 13.1.